The zero-order valence-corrected chi connectivity index (χ0v) is 13.7. The Labute approximate surface area is 134 Å². The third-order valence-electron chi connectivity index (χ3n) is 3.36. The van der Waals surface area contributed by atoms with Gasteiger partial charge < -0.3 is 15.8 Å². The first-order valence-corrected chi connectivity index (χ1v) is 7.35. The number of carbonyl (C=O) groups is 3. The Kier molecular flexibility index (Phi) is 4.31. The van der Waals surface area contributed by atoms with Gasteiger partial charge in [0.1, 0.15) is 5.60 Å². The van der Waals surface area contributed by atoms with Crippen LogP contribution in [0.1, 0.15) is 48.4 Å². The lowest BCUT2D eigenvalue weighted by Gasteiger charge is -2.24. The van der Waals surface area contributed by atoms with Gasteiger partial charge in [-0.3, -0.25) is 14.5 Å². The first-order chi connectivity index (χ1) is 10.6. The van der Waals surface area contributed by atoms with E-state index in [0.29, 0.717) is 5.56 Å². The summed E-state index contributed by atoms with van der Waals surface area (Å²) in [6, 6.07) is 4.26. The summed E-state index contributed by atoms with van der Waals surface area (Å²) >= 11 is 0. The molecule has 0 radical (unpaired) electrons. The molecule has 0 aliphatic carbocycles. The lowest BCUT2D eigenvalue weighted by Crippen LogP contribution is -2.46. The summed E-state index contributed by atoms with van der Waals surface area (Å²) in [4.78, 5) is 37.6. The Bertz CT molecular complexity index is 664. The molecule has 0 bridgehead atoms. The largest absolute Gasteiger partial charge is 0.444 e. The minimum Gasteiger partial charge on any atom is -0.444 e. The summed E-state index contributed by atoms with van der Waals surface area (Å²) in [6.45, 7) is 7.03. The van der Waals surface area contributed by atoms with Gasteiger partial charge in [0.2, 0.25) is 0 Å². The van der Waals surface area contributed by atoms with Crippen LogP contribution in [0.15, 0.2) is 18.2 Å². The van der Waals surface area contributed by atoms with Crippen LogP contribution in [0.5, 0.6) is 0 Å². The monoisotopic (exact) mass is 319 g/mol. The molecule has 7 nitrogen and oxygen atoms in total. The Balaban J connectivity index is 2.06. The van der Waals surface area contributed by atoms with E-state index in [1.165, 1.54) is 0 Å². The molecule has 23 heavy (non-hydrogen) atoms. The second-order valence-corrected chi connectivity index (χ2v) is 6.48. The molecule has 0 aromatic heterocycles. The molecule has 3 amide bonds. The standard InChI is InChI=1S/C16H21N3O4/c1-9(8-18-15(22)23-16(2,3)4)19-13(20)10-6-5-7-11(17)12(10)14(19)21/h5-7,9H,8,17H2,1-4H3,(H,18,22). The van der Waals surface area contributed by atoms with Crippen LogP contribution in [0.25, 0.3) is 0 Å². The molecule has 1 aromatic carbocycles. The highest BCUT2D eigenvalue weighted by Crippen LogP contribution is 2.28. The summed E-state index contributed by atoms with van der Waals surface area (Å²) in [5.74, 6) is -0.850. The molecule has 0 spiro atoms. The summed E-state index contributed by atoms with van der Waals surface area (Å²) in [7, 11) is 0. The predicted octanol–water partition coefficient (Wildman–Crippen LogP) is 1.78. The zero-order chi connectivity index (χ0) is 17.4. The van der Waals surface area contributed by atoms with Crippen molar-refractivity contribution in [2.45, 2.75) is 39.3 Å². The van der Waals surface area contributed by atoms with Gasteiger partial charge in [-0.15, -0.1) is 0 Å². The average molecular weight is 319 g/mol. The number of nitrogens with two attached hydrogens (primary N) is 1. The van der Waals surface area contributed by atoms with E-state index in [9.17, 15) is 14.4 Å². The van der Waals surface area contributed by atoms with E-state index in [1.54, 1.807) is 45.9 Å². The number of rotatable bonds is 3. The van der Waals surface area contributed by atoms with Crippen LogP contribution in [0.4, 0.5) is 10.5 Å². The average Bonchev–Trinajstić information content (AvgIpc) is 2.67. The quantitative estimate of drug-likeness (QED) is 0.653. The van der Waals surface area contributed by atoms with Crippen LogP contribution in [-0.4, -0.2) is 41.0 Å². The number of hydrogen-bond donors (Lipinski definition) is 2. The van der Waals surface area contributed by atoms with E-state index in [1.807, 2.05) is 0 Å². The molecule has 1 aliphatic rings. The lowest BCUT2D eigenvalue weighted by atomic mass is 10.1. The van der Waals surface area contributed by atoms with Gasteiger partial charge >= 0.3 is 6.09 Å². The number of hydrogen-bond acceptors (Lipinski definition) is 5. The summed E-state index contributed by atoms with van der Waals surface area (Å²) in [5, 5.41) is 2.56. The number of nitrogens with one attached hydrogen (secondary N) is 1. The van der Waals surface area contributed by atoms with E-state index in [-0.39, 0.29) is 17.8 Å². The molecule has 3 N–H and O–H groups in total. The number of nitrogen functional groups attached to an aromatic ring is 1. The molecule has 1 heterocycles. The minimum atomic E-state index is -0.614. The molecule has 0 fully saturated rings. The minimum absolute atomic E-state index is 0.0975. The molecule has 1 atom stereocenters. The number of amides is 3. The molecule has 124 valence electrons. The molecule has 1 aliphatic heterocycles. The normalized spacial score (nSPS) is 15.4. The number of alkyl carbamates (subject to hydrolysis) is 1. The van der Waals surface area contributed by atoms with E-state index >= 15 is 0 Å². The van der Waals surface area contributed by atoms with Crippen molar-refractivity contribution in [1.29, 1.82) is 0 Å². The van der Waals surface area contributed by atoms with Crippen LogP contribution >= 0.6 is 0 Å². The molecular formula is C16H21N3O4. The lowest BCUT2D eigenvalue weighted by molar-refractivity contribution is 0.0475. The first-order valence-electron chi connectivity index (χ1n) is 7.35. The Hall–Kier alpha value is -2.57. The number of ether oxygens (including phenoxy) is 1. The van der Waals surface area contributed by atoms with Crippen molar-refractivity contribution in [2.24, 2.45) is 0 Å². The van der Waals surface area contributed by atoms with Gasteiger partial charge in [-0.05, 0) is 39.8 Å². The van der Waals surface area contributed by atoms with Crippen molar-refractivity contribution >= 4 is 23.6 Å². The molecule has 0 saturated heterocycles. The van der Waals surface area contributed by atoms with E-state index in [0.717, 1.165) is 4.90 Å². The second-order valence-electron chi connectivity index (χ2n) is 6.48. The van der Waals surface area contributed by atoms with Gasteiger partial charge in [-0.2, -0.15) is 0 Å². The first kappa shape index (κ1) is 16.8. The van der Waals surface area contributed by atoms with Gasteiger partial charge in [-0.1, -0.05) is 6.07 Å². The second kappa shape index (κ2) is 5.91. The van der Waals surface area contributed by atoms with Crippen molar-refractivity contribution < 1.29 is 19.1 Å². The van der Waals surface area contributed by atoms with Crippen LogP contribution in [-0.2, 0) is 4.74 Å². The van der Waals surface area contributed by atoms with Crippen LogP contribution < -0.4 is 11.1 Å². The molecule has 7 heteroatoms. The highest BCUT2D eigenvalue weighted by Gasteiger charge is 2.39. The molecular weight excluding hydrogens is 298 g/mol. The Morgan fingerprint density at radius 1 is 1.30 bits per heavy atom. The van der Waals surface area contributed by atoms with Crippen LogP contribution in [0.3, 0.4) is 0 Å². The third-order valence-corrected chi connectivity index (χ3v) is 3.36. The fourth-order valence-electron chi connectivity index (χ4n) is 2.37. The number of anilines is 1. The molecule has 1 unspecified atom stereocenters. The highest BCUT2D eigenvalue weighted by atomic mass is 16.6. The van der Waals surface area contributed by atoms with Crippen molar-refractivity contribution in [3.63, 3.8) is 0 Å². The van der Waals surface area contributed by atoms with E-state index < -0.39 is 29.6 Å². The smallest absolute Gasteiger partial charge is 0.407 e. The summed E-state index contributed by atoms with van der Waals surface area (Å²) in [5.41, 5.74) is 5.96. The summed E-state index contributed by atoms with van der Waals surface area (Å²) < 4.78 is 5.13. The van der Waals surface area contributed by atoms with Crippen molar-refractivity contribution in [3.8, 4) is 0 Å². The van der Waals surface area contributed by atoms with Crippen LogP contribution in [0.2, 0.25) is 0 Å². The maximum absolute atomic E-state index is 12.4. The van der Waals surface area contributed by atoms with Crippen molar-refractivity contribution in [1.82, 2.24) is 10.2 Å². The van der Waals surface area contributed by atoms with Crippen molar-refractivity contribution in [3.05, 3.63) is 29.3 Å². The third kappa shape index (κ3) is 3.44. The van der Waals surface area contributed by atoms with Crippen molar-refractivity contribution in [2.75, 3.05) is 12.3 Å². The SMILES string of the molecule is CC(CNC(=O)OC(C)(C)C)N1C(=O)c2cccc(N)c2C1=O. The fraction of sp³-hybridized carbons (Fsp3) is 0.438. The van der Waals surface area contributed by atoms with Gasteiger partial charge in [0, 0.05) is 12.2 Å². The van der Waals surface area contributed by atoms with E-state index in [4.69, 9.17) is 10.5 Å². The highest BCUT2D eigenvalue weighted by molar-refractivity contribution is 6.23. The number of nitrogens with zero attached hydrogens (tertiary/aromatic N) is 1. The zero-order valence-electron chi connectivity index (χ0n) is 13.7. The summed E-state index contributed by atoms with van der Waals surface area (Å²) in [6.07, 6.45) is -0.597. The molecule has 0 saturated carbocycles. The molecule has 2 rings (SSSR count). The Morgan fingerprint density at radius 3 is 2.52 bits per heavy atom. The topological polar surface area (TPSA) is 102 Å². The van der Waals surface area contributed by atoms with Crippen LogP contribution in [0, 0.1) is 0 Å². The molecule has 1 aromatic rings. The van der Waals surface area contributed by atoms with Gasteiger partial charge in [0.05, 0.1) is 17.2 Å². The van der Waals surface area contributed by atoms with Gasteiger partial charge in [0.15, 0.2) is 0 Å². The maximum Gasteiger partial charge on any atom is 0.407 e. The Morgan fingerprint density at radius 2 is 1.96 bits per heavy atom. The maximum atomic E-state index is 12.4. The number of fused-ring (bicyclic) bond motifs is 1. The number of carbonyl (C=O) groups excluding carboxylic acids is 3. The predicted molar refractivity (Wildman–Crippen MR) is 85.1 cm³/mol. The van der Waals surface area contributed by atoms with Gasteiger partial charge in [0.25, 0.3) is 11.8 Å². The fourth-order valence-corrected chi connectivity index (χ4v) is 2.37. The number of benzene rings is 1. The number of imide groups is 1. The van der Waals surface area contributed by atoms with Gasteiger partial charge in [-0.25, -0.2) is 4.79 Å². The van der Waals surface area contributed by atoms with E-state index in [2.05, 4.69) is 5.32 Å².